The molecule has 0 aliphatic heterocycles. The highest BCUT2D eigenvalue weighted by Crippen LogP contribution is 2.30. The monoisotopic (exact) mass is 384 g/mol. The van der Waals surface area contributed by atoms with E-state index in [0.717, 1.165) is 22.2 Å². The number of amides is 1. The molecule has 29 heavy (non-hydrogen) atoms. The van der Waals surface area contributed by atoms with Gasteiger partial charge in [0.25, 0.3) is 5.91 Å². The van der Waals surface area contributed by atoms with E-state index < -0.39 is 0 Å². The molecule has 1 aromatic heterocycles. The number of rotatable bonds is 6. The third-order valence-electron chi connectivity index (χ3n) is 4.46. The van der Waals surface area contributed by atoms with Crippen molar-refractivity contribution in [3.05, 3.63) is 84.9 Å². The van der Waals surface area contributed by atoms with Crippen LogP contribution in [0, 0.1) is 0 Å². The minimum absolute atomic E-state index is 0.112. The Morgan fingerprint density at radius 2 is 1.72 bits per heavy atom. The molecule has 0 aliphatic carbocycles. The smallest absolute Gasteiger partial charge is 0.262 e. The van der Waals surface area contributed by atoms with Crippen LogP contribution >= 0.6 is 0 Å². The lowest BCUT2D eigenvalue weighted by atomic mass is 10.1. The highest BCUT2D eigenvalue weighted by atomic mass is 16.5. The Bertz CT molecular complexity index is 1140. The number of pyridine rings is 1. The summed E-state index contributed by atoms with van der Waals surface area (Å²) in [6, 6.07) is 26.7. The van der Waals surface area contributed by atoms with E-state index in [4.69, 9.17) is 14.5 Å². The van der Waals surface area contributed by atoms with Gasteiger partial charge in [0.15, 0.2) is 6.61 Å². The number of para-hydroxylation sites is 1. The second-order valence-electron chi connectivity index (χ2n) is 6.46. The van der Waals surface area contributed by atoms with E-state index in [1.165, 1.54) is 0 Å². The summed E-state index contributed by atoms with van der Waals surface area (Å²) in [5, 5.41) is 3.68. The fourth-order valence-corrected chi connectivity index (χ4v) is 3.06. The maximum absolute atomic E-state index is 12.4. The number of hydrogen-bond donors (Lipinski definition) is 1. The molecular formula is C24H20N2O3. The van der Waals surface area contributed by atoms with E-state index in [9.17, 15) is 4.79 Å². The molecule has 0 atom stereocenters. The van der Waals surface area contributed by atoms with Gasteiger partial charge in [-0.05, 0) is 24.3 Å². The molecule has 1 amide bonds. The predicted molar refractivity (Wildman–Crippen MR) is 114 cm³/mol. The molecule has 5 nitrogen and oxygen atoms in total. The second-order valence-corrected chi connectivity index (χ2v) is 6.46. The van der Waals surface area contributed by atoms with Crippen molar-refractivity contribution in [3.63, 3.8) is 0 Å². The summed E-state index contributed by atoms with van der Waals surface area (Å²) < 4.78 is 11.1. The van der Waals surface area contributed by atoms with Crippen molar-refractivity contribution >= 4 is 22.5 Å². The number of anilines is 1. The van der Waals surface area contributed by atoms with Gasteiger partial charge < -0.3 is 14.8 Å². The molecule has 0 saturated heterocycles. The quantitative estimate of drug-likeness (QED) is 0.512. The number of fused-ring (bicyclic) bond motifs is 1. The average molecular weight is 384 g/mol. The fraction of sp³-hybridized carbons (Fsp3) is 0.0833. The van der Waals surface area contributed by atoms with Crippen molar-refractivity contribution in [2.24, 2.45) is 0 Å². The van der Waals surface area contributed by atoms with E-state index in [1.54, 1.807) is 19.2 Å². The molecule has 144 valence electrons. The minimum atomic E-state index is -0.250. The summed E-state index contributed by atoms with van der Waals surface area (Å²) in [5.41, 5.74) is 3.26. The van der Waals surface area contributed by atoms with Crippen LogP contribution in [0.2, 0.25) is 0 Å². The highest BCUT2D eigenvalue weighted by molar-refractivity contribution is 5.93. The topological polar surface area (TPSA) is 60.5 Å². The SMILES string of the molecule is COc1cccc(NC(=O)COc2cc(-c3ccccc3)nc3ccccc23)c1. The van der Waals surface area contributed by atoms with Gasteiger partial charge in [-0.3, -0.25) is 4.79 Å². The van der Waals surface area contributed by atoms with Crippen LogP contribution in [-0.2, 0) is 4.79 Å². The lowest BCUT2D eigenvalue weighted by Crippen LogP contribution is -2.20. The summed E-state index contributed by atoms with van der Waals surface area (Å²) in [5.74, 6) is 1.05. The molecule has 5 heteroatoms. The first kappa shape index (κ1) is 18.5. The van der Waals surface area contributed by atoms with E-state index in [0.29, 0.717) is 17.2 Å². The van der Waals surface area contributed by atoms with Crippen molar-refractivity contribution < 1.29 is 14.3 Å². The Morgan fingerprint density at radius 3 is 2.55 bits per heavy atom. The summed E-state index contributed by atoms with van der Waals surface area (Å²) in [4.78, 5) is 17.1. The van der Waals surface area contributed by atoms with Crippen LogP contribution in [0.1, 0.15) is 0 Å². The number of nitrogens with zero attached hydrogens (tertiary/aromatic N) is 1. The minimum Gasteiger partial charge on any atom is -0.497 e. The lowest BCUT2D eigenvalue weighted by molar-refractivity contribution is -0.118. The Balaban J connectivity index is 1.56. The standard InChI is InChI=1S/C24H20N2O3/c1-28-19-11-7-10-18(14-19)25-24(27)16-29-23-15-22(17-8-3-2-4-9-17)26-21-13-6-5-12-20(21)23/h2-15H,16H2,1H3,(H,25,27). The zero-order valence-corrected chi connectivity index (χ0v) is 16.0. The third-order valence-corrected chi connectivity index (χ3v) is 4.46. The molecule has 0 bridgehead atoms. The normalized spacial score (nSPS) is 10.5. The summed E-state index contributed by atoms with van der Waals surface area (Å²) in [6.45, 7) is -0.112. The van der Waals surface area contributed by atoms with Crippen LogP contribution in [0.4, 0.5) is 5.69 Å². The molecule has 1 N–H and O–H groups in total. The van der Waals surface area contributed by atoms with E-state index in [2.05, 4.69) is 5.32 Å². The maximum atomic E-state index is 12.4. The molecule has 4 rings (SSSR count). The predicted octanol–water partition coefficient (Wildman–Crippen LogP) is 4.93. The highest BCUT2D eigenvalue weighted by Gasteiger charge is 2.11. The third kappa shape index (κ3) is 4.35. The number of carbonyl (C=O) groups excluding carboxylic acids is 1. The molecule has 4 aromatic rings. The molecule has 0 spiro atoms. The van der Waals surface area contributed by atoms with Crippen LogP contribution < -0.4 is 14.8 Å². The summed E-state index contributed by atoms with van der Waals surface area (Å²) in [6.07, 6.45) is 0. The molecule has 3 aromatic carbocycles. The first-order valence-electron chi connectivity index (χ1n) is 9.25. The van der Waals surface area contributed by atoms with Gasteiger partial charge in [0.1, 0.15) is 11.5 Å². The van der Waals surface area contributed by atoms with Crippen molar-refractivity contribution in [2.45, 2.75) is 0 Å². The summed E-state index contributed by atoms with van der Waals surface area (Å²) in [7, 11) is 1.59. The molecule has 0 aliphatic rings. The second kappa shape index (κ2) is 8.44. The van der Waals surface area contributed by atoms with Crippen LogP contribution in [0.15, 0.2) is 84.9 Å². The Hall–Kier alpha value is -3.86. The van der Waals surface area contributed by atoms with Crippen LogP contribution in [-0.4, -0.2) is 24.6 Å². The van der Waals surface area contributed by atoms with Gasteiger partial charge >= 0.3 is 0 Å². The van der Waals surface area contributed by atoms with Gasteiger partial charge in [0.2, 0.25) is 0 Å². The number of nitrogens with one attached hydrogen (secondary N) is 1. The number of benzene rings is 3. The van der Waals surface area contributed by atoms with Gasteiger partial charge in [-0.1, -0.05) is 48.5 Å². The number of ether oxygens (including phenoxy) is 2. The van der Waals surface area contributed by atoms with E-state index in [-0.39, 0.29) is 12.5 Å². The van der Waals surface area contributed by atoms with Gasteiger partial charge in [-0.15, -0.1) is 0 Å². The lowest BCUT2D eigenvalue weighted by Gasteiger charge is -2.12. The first-order valence-corrected chi connectivity index (χ1v) is 9.25. The number of carbonyl (C=O) groups is 1. The van der Waals surface area contributed by atoms with Crippen molar-refractivity contribution in [2.75, 3.05) is 19.0 Å². The number of methoxy groups -OCH3 is 1. The summed E-state index contributed by atoms with van der Waals surface area (Å²) >= 11 is 0. The zero-order chi connectivity index (χ0) is 20.1. The average Bonchev–Trinajstić information content (AvgIpc) is 2.78. The molecule has 0 radical (unpaired) electrons. The molecule has 0 unspecified atom stereocenters. The fourth-order valence-electron chi connectivity index (χ4n) is 3.06. The first-order chi connectivity index (χ1) is 14.2. The van der Waals surface area contributed by atoms with Gasteiger partial charge in [0, 0.05) is 28.8 Å². The van der Waals surface area contributed by atoms with Crippen molar-refractivity contribution in [3.8, 4) is 22.8 Å². The molecule has 0 saturated carbocycles. The van der Waals surface area contributed by atoms with E-state index in [1.807, 2.05) is 72.8 Å². The Kier molecular flexibility index (Phi) is 5.38. The van der Waals surface area contributed by atoms with E-state index >= 15 is 0 Å². The zero-order valence-electron chi connectivity index (χ0n) is 16.0. The maximum Gasteiger partial charge on any atom is 0.262 e. The molecular weight excluding hydrogens is 364 g/mol. The van der Waals surface area contributed by atoms with Crippen molar-refractivity contribution in [1.29, 1.82) is 0 Å². The Labute approximate surface area is 168 Å². The largest absolute Gasteiger partial charge is 0.497 e. The van der Waals surface area contributed by atoms with Crippen molar-refractivity contribution in [1.82, 2.24) is 4.98 Å². The Morgan fingerprint density at radius 1 is 0.931 bits per heavy atom. The molecule has 1 heterocycles. The van der Waals surface area contributed by atoms with Crippen LogP contribution in [0.5, 0.6) is 11.5 Å². The van der Waals surface area contributed by atoms with Gasteiger partial charge in [-0.2, -0.15) is 0 Å². The van der Waals surface area contributed by atoms with Gasteiger partial charge in [-0.25, -0.2) is 4.98 Å². The number of aromatic nitrogens is 1. The number of hydrogen-bond acceptors (Lipinski definition) is 4. The van der Waals surface area contributed by atoms with Crippen LogP contribution in [0.25, 0.3) is 22.2 Å². The van der Waals surface area contributed by atoms with Gasteiger partial charge in [0.05, 0.1) is 18.3 Å². The molecule has 0 fully saturated rings. The van der Waals surface area contributed by atoms with Crippen LogP contribution in [0.3, 0.4) is 0 Å².